The summed E-state index contributed by atoms with van der Waals surface area (Å²) in [6.07, 6.45) is 1.32. The number of carbonyl (C=O) groups excluding carboxylic acids is 1. The van der Waals surface area contributed by atoms with Gasteiger partial charge in [0, 0.05) is 12.0 Å². The molecule has 4 nitrogen and oxygen atoms in total. The summed E-state index contributed by atoms with van der Waals surface area (Å²) >= 11 is 0. The third-order valence-corrected chi connectivity index (χ3v) is 4.44. The Balaban J connectivity index is 1.79. The van der Waals surface area contributed by atoms with E-state index in [1.165, 1.54) is 6.07 Å². The normalized spacial score (nSPS) is 15.7. The lowest BCUT2D eigenvalue weighted by Gasteiger charge is -2.16. The average molecular weight is 345 g/mol. The van der Waals surface area contributed by atoms with E-state index in [0.717, 1.165) is 6.07 Å². The Hall–Kier alpha value is -2.76. The summed E-state index contributed by atoms with van der Waals surface area (Å²) in [5.74, 6) is -3.09. The quantitative estimate of drug-likeness (QED) is 0.873. The number of carboxylic acid groups (broad SMARTS) is 1. The molecule has 0 aliphatic heterocycles. The maximum absolute atomic E-state index is 13.5. The van der Waals surface area contributed by atoms with E-state index in [1.54, 1.807) is 24.3 Å². The number of carbonyl (C=O) groups is 2. The van der Waals surface area contributed by atoms with Crippen LogP contribution in [0, 0.1) is 11.6 Å². The summed E-state index contributed by atoms with van der Waals surface area (Å²) in [5.41, 5.74) is 2.34. The molecule has 0 saturated carbocycles. The second-order valence-electron chi connectivity index (χ2n) is 6.08. The molecule has 6 heteroatoms. The molecular weight excluding hydrogens is 328 g/mol. The van der Waals surface area contributed by atoms with E-state index in [4.69, 9.17) is 5.11 Å². The molecule has 1 aliphatic rings. The average Bonchev–Trinajstić information content (AvgIpc) is 2.95. The molecule has 1 unspecified atom stereocenters. The lowest BCUT2D eigenvalue weighted by Crippen LogP contribution is -2.28. The second kappa shape index (κ2) is 7.01. The van der Waals surface area contributed by atoms with Gasteiger partial charge in [-0.2, -0.15) is 0 Å². The number of fused-ring (bicyclic) bond motifs is 1. The zero-order valence-corrected chi connectivity index (χ0v) is 13.4. The van der Waals surface area contributed by atoms with Crippen LogP contribution in [0.25, 0.3) is 0 Å². The fraction of sp³-hybridized carbons (Fsp3) is 0.263. The minimum Gasteiger partial charge on any atom is -0.481 e. The number of hydrogen-bond donors (Lipinski definition) is 2. The molecule has 0 bridgehead atoms. The highest BCUT2D eigenvalue weighted by Crippen LogP contribution is 2.33. The van der Waals surface area contributed by atoms with Gasteiger partial charge in [0.15, 0.2) is 11.6 Å². The number of carboxylic acids is 1. The van der Waals surface area contributed by atoms with Crippen molar-refractivity contribution in [1.29, 1.82) is 0 Å². The molecule has 3 rings (SSSR count). The maximum atomic E-state index is 13.5. The van der Waals surface area contributed by atoms with E-state index in [0.29, 0.717) is 35.1 Å². The van der Waals surface area contributed by atoms with Crippen molar-refractivity contribution in [3.8, 4) is 0 Å². The van der Waals surface area contributed by atoms with E-state index >= 15 is 0 Å². The molecule has 2 aromatic carbocycles. The number of benzene rings is 2. The number of rotatable bonds is 5. The minimum atomic E-state index is -0.933. The molecule has 1 atom stereocenters. The molecule has 2 aromatic rings. The van der Waals surface area contributed by atoms with Gasteiger partial charge in [-0.25, -0.2) is 8.78 Å². The summed E-state index contributed by atoms with van der Waals surface area (Å²) in [4.78, 5) is 23.4. The van der Waals surface area contributed by atoms with Crippen LogP contribution in [-0.4, -0.2) is 17.0 Å². The van der Waals surface area contributed by atoms with Crippen molar-refractivity contribution in [3.63, 3.8) is 0 Å². The standard InChI is InChI=1S/C19H17F2NO3/c20-15-9-12-5-7-17(14(12)10-16(15)21)22-19(25)13-4-2-1-3-11(13)6-8-18(23)24/h1-4,9-10,17H,5-8H2,(H,22,25)(H,23,24). The molecule has 2 N–H and O–H groups in total. The molecule has 25 heavy (non-hydrogen) atoms. The lowest BCUT2D eigenvalue weighted by molar-refractivity contribution is -0.136. The van der Waals surface area contributed by atoms with Crippen molar-refractivity contribution >= 4 is 11.9 Å². The van der Waals surface area contributed by atoms with Crippen LogP contribution in [0.4, 0.5) is 8.78 Å². The molecule has 0 aromatic heterocycles. The van der Waals surface area contributed by atoms with E-state index in [1.807, 2.05) is 0 Å². The predicted molar refractivity (Wildman–Crippen MR) is 87.3 cm³/mol. The first-order chi connectivity index (χ1) is 12.0. The summed E-state index contributed by atoms with van der Waals surface area (Å²) in [6.45, 7) is 0. The fourth-order valence-electron chi connectivity index (χ4n) is 3.19. The van der Waals surface area contributed by atoms with Crippen LogP contribution in [0.1, 0.15) is 45.9 Å². The van der Waals surface area contributed by atoms with Crippen molar-refractivity contribution in [3.05, 3.63) is 70.3 Å². The summed E-state index contributed by atoms with van der Waals surface area (Å²) in [5, 5.41) is 11.7. The fourth-order valence-corrected chi connectivity index (χ4v) is 3.19. The van der Waals surface area contributed by atoms with Crippen molar-refractivity contribution in [2.45, 2.75) is 31.7 Å². The first-order valence-corrected chi connectivity index (χ1v) is 8.04. The van der Waals surface area contributed by atoms with Gasteiger partial charge in [0.1, 0.15) is 0 Å². The topological polar surface area (TPSA) is 66.4 Å². The molecule has 1 amide bonds. The maximum Gasteiger partial charge on any atom is 0.303 e. The Kier molecular flexibility index (Phi) is 4.79. The largest absolute Gasteiger partial charge is 0.481 e. The SMILES string of the molecule is O=C(O)CCc1ccccc1C(=O)NC1CCc2cc(F)c(F)cc21. The summed E-state index contributed by atoms with van der Waals surface area (Å²) < 4.78 is 26.8. The van der Waals surface area contributed by atoms with Gasteiger partial charge in [-0.15, -0.1) is 0 Å². The Bertz CT molecular complexity index is 835. The highest BCUT2D eigenvalue weighted by Gasteiger charge is 2.26. The van der Waals surface area contributed by atoms with Crippen molar-refractivity contribution in [2.24, 2.45) is 0 Å². The summed E-state index contributed by atoms with van der Waals surface area (Å²) in [6, 6.07) is 8.73. The number of nitrogens with one attached hydrogen (secondary N) is 1. The molecule has 130 valence electrons. The van der Waals surface area contributed by atoms with Crippen LogP contribution >= 0.6 is 0 Å². The number of amides is 1. The van der Waals surface area contributed by atoms with Crippen molar-refractivity contribution in [2.75, 3.05) is 0 Å². The highest BCUT2D eigenvalue weighted by atomic mass is 19.2. The molecule has 0 saturated heterocycles. The molecular formula is C19H17F2NO3. The molecule has 0 heterocycles. The number of aryl methyl sites for hydroxylation is 2. The molecule has 1 aliphatic carbocycles. The number of halogens is 2. The van der Waals surface area contributed by atoms with Crippen LogP contribution in [0.2, 0.25) is 0 Å². The van der Waals surface area contributed by atoms with Gasteiger partial charge >= 0.3 is 5.97 Å². The number of aliphatic carboxylic acids is 1. The number of hydrogen-bond acceptors (Lipinski definition) is 2. The van der Waals surface area contributed by atoms with Crippen molar-refractivity contribution in [1.82, 2.24) is 5.32 Å². The monoisotopic (exact) mass is 345 g/mol. The van der Waals surface area contributed by atoms with Gasteiger partial charge < -0.3 is 10.4 Å². The van der Waals surface area contributed by atoms with Crippen LogP contribution < -0.4 is 5.32 Å². The lowest BCUT2D eigenvalue weighted by atomic mass is 10.0. The Morgan fingerprint density at radius 1 is 1.16 bits per heavy atom. The van der Waals surface area contributed by atoms with Gasteiger partial charge in [0.25, 0.3) is 5.91 Å². The Morgan fingerprint density at radius 2 is 1.88 bits per heavy atom. The van der Waals surface area contributed by atoms with Gasteiger partial charge in [0.2, 0.25) is 0 Å². The predicted octanol–water partition coefficient (Wildman–Crippen LogP) is 3.40. The van der Waals surface area contributed by atoms with E-state index in [2.05, 4.69) is 5.32 Å². The third kappa shape index (κ3) is 3.68. The van der Waals surface area contributed by atoms with Gasteiger partial charge in [-0.1, -0.05) is 18.2 Å². The summed E-state index contributed by atoms with van der Waals surface area (Å²) in [7, 11) is 0. The van der Waals surface area contributed by atoms with Gasteiger partial charge in [-0.3, -0.25) is 9.59 Å². The van der Waals surface area contributed by atoms with Crippen LogP contribution in [0.5, 0.6) is 0 Å². The zero-order valence-electron chi connectivity index (χ0n) is 13.4. The van der Waals surface area contributed by atoms with E-state index in [-0.39, 0.29) is 24.8 Å². The van der Waals surface area contributed by atoms with Gasteiger partial charge in [-0.05, 0) is 54.2 Å². The molecule has 0 fully saturated rings. The Labute approximate surface area is 143 Å². The smallest absolute Gasteiger partial charge is 0.303 e. The zero-order chi connectivity index (χ0) is 18.0. The van der Waals surface area contributed by atoms with Crippen LogP contribution in [0.15, 0.2) is 36.4 Å². The first-order valence-electron chi connectivity index (χ1n) is 8.04. The van der Waals surface area contributed by atoms with Crippen LogP contribution in [0.3, 0.4) is 0 Å². The van der Waals surface area contributed by atoms with E-state index in [9.17, 15) is 18.4 Å². The second-order valence-corrected chi connectivity index (χ2v) is 6.08. The first kappa shape index (κ1) is 17.1. The molecule has 0 radical (unpaired) electrons. The van der Waals surface area contributed by atoms with E-state index < -0.39 is 17.6 Å². The third-order valence-electron chi connectivity index (χ3n) is 4.44. The Morgan fingerprint density at radius 3 is 2.64 bits per heavy atom. The van der Waals surface area contributed by atoms with Crippen LogP contribution in [-0.2, 0) is 17.6 Å². The van der Waals surface area contributed by atoms with Crippen molar-refractivity contribution < 1.29 is 23.5 Å². The van der Waals surface area contributed by atoms with Gasteiger partial charge in [0.05, 0.1) is 6.04 Å². The molecule has 0 spiro atoms. The minimum absolute atomic E-state index is 0.0684. The highest BCUT2D eigenvalue weighted by molar-refractivity contribution is 5.96.